The molecule has 0 saturated carbocycles. The number of aromatic amines is 1. The van der Waals surface area contributed by atoms with Gasteiger partial charge in [-0.2, -0.15) is 0 Å². The van der Waals surface area contributed by atoms with E-state index in [1.54, 1.807) is 0 Å². The Labute approximate surface area is 98.4 Å². The molecule has 90 valence electrons. The summed E-state index contributed by atoms with van der Waals surface area (Å²) < 4.78 is 26.0. The molecule has 0 saturated heterocycles. The Morgan fingerprint density at radius 1 is 1.41 bits per heavy atom. The molecule has 17 heavy (non-hydrogen) atoms. The van der Waals surface area contributed by atoms with Gasteiger partial charge in [-0.25, -0.2) is 18.1 Å². The zero-order chi connectivity index (χ0) is 12.3. The van der Waals surface area contributed by atoms with Crippen LogP contribution in [0.25, 0.3) is 0 Å². The third-order valence-corrected chi connectivity index (χ3v) is 3.53. The number of H-pyrrole nitrogens is 1. The van der Waals surface area contributed by atoms with Crippen molar-refractivity contribution in [1.29, 1.82) is 0 Å². The number of phenols is 1. The van der Waals surface area contributed by atoms with Gasteiger partial charge in [0.05, 0.1) is 17.8 Å². The summed E-state index contributed by atoms with van der Waals surface area (Å²) >= 11 is 0. The molecule has 1 aromatic carbocycles. The second kappa shape index (κ2) is 4.56. The molecule has 2 rings (SSSR count). The summed E-state index contributed by atoms with van der Waals surface area (Å²) in [5, 5.41) is 9.22. The second-order valence-corrected chi connectivity index (χ2v) is 5.17. The number of hydrogen-bond donors (Lipinski definition) is 3. The fourth-order valence-corrected chi connectivity index (χ4v) is 2.33. The summed E-state index contributed by atoms with van der Waals surface area (Å²) in [5.41, 5.74) is 0.661. The maximum absolute atomic E-state index is 11.8. The fraction of sp³-hybridized carbons (Fsp3) is 0.100. The summed E-state index contributed by atoms with van der Waals surface area (Å²) in [4.78, 5) is 6.59. The van der Waals surface area contributed by atoms with Crippen LogP contribution in [0, 0.1) is 0 Å². The Hall–Kier alpha value is -1.86. The number of nitrogens with zero attached hydrogens (tertiary/aromatic N) is 1. The number of aromatic nitrogens is 2. The Kier molecular flexibility index (Phi) is 3.12. The second-order valence-electron chi connectivity index (χ2n) is 3.40. The summed E-state index contributed by atoms with van der Waals surface area (Å²) in [6.07, 6.45) is 3.00. The Bertz CT molecular complexity index is 593. The molecule has 1 heterocycles. The minimum atomic E-state index is -3.62. The van der Waals surface area contributed by atoms with Crippen molar-refractivity contribution in [2.45, 2.75) is 11.4 Å². The molecule has 0 aliphatic carbocycles. The van der Waals surface area contributed by atoms with E-state index in [0.717, 1.165) is 0 Å². The third-order valence-electron chi connectivity index (χ3n) is 2.14. The van der Waals surface area contributed by atoms with Crippen LogP contribution in [0.1, 0.15) is 5.69 Å². The van der Waals surface area contributed by atoms with Gasteiger partial charge >= 0.3 is 0 Å². The van der Waals surface area contributed by atoms with Crippen LogP contribution >= 0.6 is 0 Å². The van der Waals surface area contributed by atoms with E-state index >= 15 is 0 Å². The van der Waals surface area contributed by atoms with Gasteiger partial charge in [0.1, 0.15) is 5.75 Å². The molecule has 6 nitrogen and oxygen atoms in total. The molecule has 0 bridgehead atoms. The van der Waals surface area contributed by atoms with Crippen LogP contribution in [0.4, 0.5) is 0 Å². The van der Waals surface area contributed by atoms with Crippen molar-refractivity contribution in [3.8, 4) is 5.75 Å². The van der Waals surface area contributed by atoms with E-state index < -0.39 is 10.0 Å². The van der Waals surface area contributed by atoms with Crippen LogP contribution in [0.3, 0.4) is 0 Å². The average Bonchev–Trinajstić information content (AvgIpc) is 2.79. The van der Waals surface area contributed by atoms with Crippen LogP contribution in [0.5, 0.6) is 5.75 Å². The van der Waals surface area contributed by atoms with Crippen molar-refractivity contribution in [3.05, 3.63) is 42.5 Å². The van der Waals surface area contributed by atoms with Gasteiger partial charge in [-0.1, -0.05) is 6.07 Å². The van der Waals surface area contributed by atoms with Crippen molar-refractivity contribution < 1.29 is 13.5 Å². The van der Waals surface area contributed by atoms with Crippen LogP contribution in [0.2, 0.25) is 0 Å². The molecular weight excluding hydrogens is 242 g/mol. The van der Waals surface area contributed by atoms with E-state index in [4.69, 9.17) is 0 Å². The molecule has 0 aliphatic heterocycles. The first-order valence-corrected chi connectivity index (χ1v) is 6.32. The minimum absolute atomic E-state index is 0.0250. The topological polar surface area (TPSA) is 95.1 Å². The quantitative estimate of drug-likeness (QED) is 0.743. The smallest absolute Gasteiger partial charge is 0.241 e. The Balaban J connectivity index is 2.14. The molecule has 1 aromatic heterocycles. The third kappa shape index (κ3) is 2.83. The highest BCUT2D eigenvalue weighted by Crippen LogP contribution is 2.15. The number of aromatic hydroxyl groups is 1. The predicted octanol–water partition coefficient (Wildman–Crippen LogP) is 0.594. The summed E-state index contributed by atoms with van der Waals surface area (Å²) in [6, 6.07) is 5.48. The standard InChI is InChI=1S/C10H11N3O3S/c14-9-2-1-3-10(4-9)17(15,16)13-6-8-5-11-7-12-8/h1-5,7,13-14H,6H2,(H,11,12). The van der Waals surface area contributed by atoms with E-state index in [-0.39, 0.29) is 17.2 Å². The number of hydrogen-bond acceptors (Lipinski definition) is 4. The normalized spacial score (nSPS) is 11.5. The number of nitrogens with one attached hydrogen (secondary N) is 2. The first-order valence-electron chi connectivity index (χ1n) is 4.84. The lowest BCUT2D eigenvalue weighted by molar-refractivity contribution is 0.473. The lowest BCUT2D eigenvalue weighted by Gasteiger charge is -2.05. The lowest BCUT2D eigenvalue weighted by atomic mass is 10.3. The van der Waals surface area contributed by atoms with E-state index in [1.165, 1.54) is 36.8 Å². The summed E-state index contributed by atoms with van der Waals surface area (Å²) in [6.45, 7) is 0.123. The van der Waals surface area contributed by atoms with Gasteiger partial charge in [-0.3, -0.25) is 0 Å². The Morgan fingerprint density at radius 3 is 2.88 bits per heavy atom. The molecule has 3 N–H and O–H groups in total. The molecule has 7 heteroatoms. The number of imidazole rings is 1. The van der Waals surface area contributed by atoms with E-state index in [0.29, 0.717) is 5.69 Å². The summed E-state index contributed by atoms with van der Waals surface area (Å²) in [7, 11) is -3.62. The Morgan fingerprint density at radius 2 is 2.24 bits per heavy atom. The minimum Gasteiger partial charge on any atom is -0.508 e. The zero-order valence-corrected chi connectivity index (χ0v) is 9.61. The SMILES string of the molecule is O=S(=O)(NCc1cnc[nH]1)c1cccc(O)c1. The van der Waals surface area contributed by atoms with Crippen molar-refractivity contribution in [2.75, 3.05) is 0 Å². The van der Waals surface area contributed by atoms with Gasteiger partial charge < -0.3 is 10.1 Å². The van der Waals surface area contributed by atoms with Gasteiger partial charge in [0, 0.05) is 11.9 Å². The van der Waals surface area contributed by atoms with Crippen molar-refractivity contribution in [1.82, 2.24) is 14.7 Å². The van der Waals surface area contributed by atoms with Gasteiger partial charge in [-0.15, -0.1) is 0 Å². The van der Waals surface area contributed by atoms with Crippen LogP contribution in [0.15, 0.2) is 41.7 Å². The first kappa shape index (κ1) is 11.6. The van der Waals surface area contributed by atoms with Crippen molar-refractivity contribution in [3.63, 3.8) is 0 Å². The predicted molar refractivity (Wildman–Crippen MR) is 60.7 cm³/mol. The maximum Gasteiger partial charge on any atom is 0.241 e. The first-order chi connectivity index (χ1) is 8.08. The molecule has 0 atom stereocenters. The molecule has 0 aliphatic rings. The van der Waals surface area contributed by atoms with E-state index in [1.807, 2.05) is 0 Å². The lowest BCUT2D eigenvalue weighted by Crippen LogP contribution is -2.23. The van der Waals surface area contributed by atoms with Crippen LogP contribution in [-0.2, 0) is 16.6 Å². The molecular formula is C10H11N3O3S. The van der Waals surface area contributed by atoms with Crippen LogP contribution < -0.4 is 4.72 Å². The highest BCUT2D eigenvalue weighted by atomic mass is 32.2. The maximum atomic E-state index is 11.8. The molecule has 0 fully saturated rings. The van der Waals surface area contributed by atoms with E-state index in [9.17, 15) is 13.5 Å². The largest absolute Gasteiger partial charge is 0.508 e. The van der Waals surface area contributed by atoms with E-state index in [2.05, 4.69) is 14.7 Å². The summed E-state index contributed by atoms with van der Waals surface area (Å²) in [5.74, 6) is -0.0885. The fourth-order valence-electron chi connectivity index (χ4n) is 1.29. The monoisotopic (exact) mass is 253 g/mol. The molecule has 0 radical (unpaired) electrons. The van der Waals surface area contributed by atoms with Crippen LogP contribution in [-0.4, -0.2) is 23.5 Å². The molecule has 0 unspecified atom stereocenters. The van der Waals surface area contributed by atoms with Gasteiger partial charge in [0.2, 0.25) is 10.0 Å². The number of rotatable bonds is 4. The highest BCUT2D eigenvalue weighted by molar-refractivity contribution is 7.89. The molecule has 0 spiro atoms. The van der Waals surface area contributed by atoms with Gasteiger partial charge in [0.15, 0.2) is 0 Å². The highest BCUT2D eigenvalue weighted by Gasteiger charge is 2.14. The van der Waals surface area contributed by atoms with Crippen molar-refractivity contribution >= 4 is 10.0 Å². The molecule has 2 aromatic rings. The zero-order valence-electron chi connectivity index (χ0n) is 8.79. The molecule has 0 amide bonds. The number of benzene rings is 1. The number of phenolic OH excluding ortho intramolecular Hbond substituents is 1. The van der Waals surface area contributed by atoms with Gasteiger partial charge in [-0.05, 0) is 18.2 Å². The number of sulfonamides is 1. The van der Waals surface area contributed by atoms with Gasteiger partial charge in [0.25, 0.3) is 0 Å². The average molecular weight is 253 g/mol. The van der Waals surface area contributed by atoms with Crippen molar-refractivity contribution in [2.24, 2.45) is 0 Å².